The largest absolute Gasteiger partial charge is 0.455 e. The number of halogens is 1. The van der Waals surface area contributed by atoms with Gasteiger partial charge in [0.15, 0.2) is 53.1 Å². The number of benzene rings is 2. The monoisotopic (exact) mass is 1050 g/mol. The van der Waals surface area contributed by atoms with Gasteiger partial charge in [0.05, 0.1) is 13.2 Å². The lowest BCUT2D eigenvalue weighted by molar-refractivity contribution is -0.269. The molecule has 4 aliphatic rings. The number of aliphatic hydroxyl groups is 1. The zero-order valence-corrected chi connectivity index (χ0v) is 44.2. The lowest BCUT2D eigenvalue weighted by atomic mass is 10.0. The third-order valence-corrected chi connectivity index (χ3v) is 23.5. The Morgan fingerprint density at radius 1 is 0.681 bits per heavy atom. The number of nitrogen functional groups attached to an aromatic ring is 2. The second-order valence-corrected chi connectivity index (χ2v) is 31.0. The second kappa shape index (κ2) is 19.5. The van der Waals surface area contributed by atoms with E-state index in [0.717, 1.165) is 21.2 Å². The molecule has 0 aliphatic carbocycles. The van der Waals surface area contributed by atoms with Crippen LogP contribution < -0.4 is 11.5 Å². The van der Waals surface area contributed by atoms with Crippen molar-refractivity contribution < 1.29 is 47.2 Å². The summed E-state index contributed by atoms with van der Waals surface area (Å²) in [5, 5.41) is 20.4. The summed E-state index contributed by atoms with van der Waals surface area (Å²) in [6.07, 6.45) is -1.74. The molecule has 10 rings (SSSR count). The van der Waals surface area contributed by atoms with Crippen molar-refractivity contribution in [3.05, 3.63) is 119 Å². The number of ether oxygens (including phenoxy) is 6. The van der Waals surface area contributed by atoms with E-state index in [2.05, 4.69) is 104 Å². The highest BCUT2D eigenvalue weighted by molar-refractivity contribution is 9.10. The van der Waals surface area contributed by atoms with Gasteiger partial charge >= 0.3 is 5.97 Å². The molecule has 5 N–H and O–H groups in total. The van der Waals surface area contributed by atoms with Crippen LogP contribution in [0.2, 0.25) is 36.3 Å². The van der Waals surface area contributed by atoms with Crippen molar-refractivity contribution in [2.45, 2.75) is 133 Å². The molecule has 0 amide bonds. The zero-order chi connectivity index (χ0) is 49.7. The molecule has 21 heteroatoms. The van der Waals surface area contributed by atoms with Crippen molar-refractivity contribution in [2.75, 3.05) is 24.7 Å². The average Bonchev–Trinajstić information content (AvgIpc) is 4.17. The number of rotatable bonds is 9. The highest BCUT2D eigenvalue weighted by Gasteiger charge is 2.63. The second-order valence-electron chi connectivity index (χ2n) is 20.5. The molecule has 0 radical (unpaired) electrons. The molecule has 69 heavy (non-hydrogen) atoms. The number of cyclic esters (lactones) is 1. The maximum absolute atomic E-state index is 12.1. The smallest absolute Gasteiger partial charge is 0.338 e. The first kappa shape index (κ1) is 50.7. The van der Waals surface area contributed by atoms with Crippen LogP contribution >= 0.6 is 15.9 Å². The Balaban J connectivity index is 0.000000158. The molecular weight excluding hydrogens is 985 g/mol. The lowest BCUT2D eigenvalue weighted by Crippen LogP contribution is -2.44. The van der Waals surface area contributed by atoms with E-state index in [9.17, 15) is 9.90 Å². The summed E-state index contributed by atoms with van der Waals surface area (Å²) in [6, 6.07) is 26.5. The topological polar surface area (TPSA) is 224 Å². The molecule has 4 aromatic heterocycles. The van der Waals surface area contributed by atoms with Crippen LogP contribution in [0.3, 0.4) is 0 Å². The van der Waals surface area contributed by atoms with Crippen molar-refractivity contribution in [2.24, 2.45) is 0 Å². The van der Waals surface area contributed by atoms with Gasteiger partial charge in [0.25, 0.3) is 0 Å². The molecule has 3 unspecified atom stereocenters. The number of esters is 1. The number of hydrogen-bond acceptors (Lipinski definition) is 16. The van der Waals surface area contributed by atoms with Crippen molar-refractivity contribution >= 4 is 61.2 Å². The van der Waals surface area contributed by atoms with E-state index in [-0.39, 0.29) is 22.7 Å². The van der Waals surface area contributed by atoms with E-state index in [1.807, 2.05) is 72.8 Å². The molecule has 6 aromatic rings. The van der Waals surface area contributed by atoms with E-state index in [1.54, 1.807) is 16.6 Å². The Morgan fingerprint density at radius 2 is 1.17 bits per heavy atom. The molecule has 0 spiro atoms. The van der Waals surface area contributed by atoms with Crippen LogP contribution in [0.1, 0.15) is 70.9 Å². The van der Waals surface area contributed by atoms with Crippen LogP contribution in [0.5, 0.6) is 0 Å². The third-order valence-electron chi connectivity index (χ3n) is 13.9. The van der Waals surface area contributed by atoms with Crippen LogP contribution in [0, 0.1) is 0 Å². The van der Waals surface area contributed by atoms with Crippen molar-refractivity contribution in [1.82, 2.24) is 29.2 Å². The van der Waals surface area contributed by atoms with E-state index < -0.39 is 71.6 Å². The first-order chi connectivity index (χ1) is 32.5. The normalized spacial score (nSPS) is 26.8. The van der Waals surface area contributed by atoms with Gasteiger partial charge in [0.2, 0.25) is 5.79 Å². The van der Waals surface area contributed by atoms with Crippen molar-refractivity contribution in [1.29, 1.82) is 0 Å². The predicted octanol–water partition coefficient (Wildman–Crippen LogP) is 7.85. The van der Waals surface area contributed by atoms with E-state index in [1.165, 1.54) is 17.2 Å². The summed E-state index contributed by atoms with van der Waals surface area (Å²) in [4.78, 5) is 20.0. The van der Waals surface area contributed by atoms with Gasteiger partial charge in [0.1, 0.15) is 58.4 Å². The molecule has 0 bridgehead atoms. The fraction of sp³-hybridized carbons (Fsp3) is 0.479. The van der Waals surface area contributed by atoms with Crippen LogP contribution in [-0.4, -0.2) is 107 Å². The van der Waals surface area contributed by atoms with Gasteiger partial charge in [-0.3, -0.25) is 0 Å². The Bertz CT molecular complexity index is 2740. The van der Waals surface area contributed by atoms with Gasteiger partial charge in [-0.1, -0.05) is 102 Å². The number of aromatic nitrogens is 6. The predicted molar refractivity (Wildman–Crippen MR) is 265 cm³/mol. The van der Waals surface area contributed by atoms with Crippen LogP contribution in [0.15, 0.2) is 102 Å². The molecule has 4 fully saturated rings. The first-order valence-electron chi connectivity index (χ1n) is 22.9. The number of fused-ring (bicyclic) bond motifs is 4. The van der Waals surface area contributed by atoms with Gasteiger partial charge in [-0.15, -0.1) is 0 Å². The van der Waals surface area contributed by atoms with Gasteiger partial charge in [0, 0.05) is 11.1 Å². The maximum atomic E-state index is 12.1. The quantitative estimate of drug-likeness (QED) is 0.0926. The summed E-state index contributed by atoms with van der Waals surface area (Å²) in [6.45, 7) is 22.5. The molecule has 370 valence electrons. The molecule has 4 aliphatic heterocycles. The Hall–Kier alpha value is -4.66. The van der Waals surface area contributed by atoms with Gasteiger partial charge in [-0.2, -0.15) is 10.2 Å². The summed E-state index contributed by atoms with van der Waals surface area (Å²) in [7, 11) is -3.97. The van der Waals surface area contributed by atoms with E-state index >= 15 is 0 Å². The maximum Gasteiger partial charge on any atom is 0.338 e. The fourth-order valence-electron chi connectivity index (χ4n) is 7.79. The number of carbonyl (C=O) groups is 1. The standard InChI is InChI=1S/C24H32N4O5Si.C18H26O5Si.C6H5BrN4/c1-23(2,3)34(4,5)30-13-17-19-20(32-22(31-19)15-9-7-6-8-10-15)24(29,33-17)18-12-11-16-21(25)26-14-27-28(16)18;1-18(2,3)24(4,5)20-11-13-14-15(16(19)21-13)23-17(22-14)12-9-7-6-8-10-12;7-5-2-1-4-6(8)9-3-10-11(4)5/h6-12,14,17,19-20,22,29H,13H2,1-5H3,(H2,25,26,27);6-10,13-15,17H,11H2,1-5H3;1-3H,(H2,8,9,10)/t17-,19-,20-,22?,24?;13-,14-,15-,17?;/m11./s1. The molecular formula is C48H63BrN8O10Si2. The van der Waals surface area contributed by atoms with Crippen LogP contribution in [0.4, 0.5) is 11.6 Å². The average molecular weight is 1050 g/mol. The van der Waals surface area contributed by atoms with Crippen molar-refractivity contribution in [3.63, 3.8) is 0 Å². The molecule has 0 saturated carbocycles. The zero-order valence-electron chi connectivity index (χ0n) is 40.6. The van der Waals surface area contributed by atoms with Gasteiger partial charge in [-0.25, -0.2) is 23.8 Å². The number of hydrogen-bond donors (Lipinski definition) is 3. The summed E-state index contributed by atoms with van der Waals surface area (Å²) in [5.41, 5.74) is 15.2. The van der Waals surface area contributed by atoms with Gasteiger partial charge in [-0.05, 0) is 76.5 Å². The van der Waals surface area contributed by atoms with Gasteiger partial charge < -0.3 is 53.8 Å². The van der Waals surface area contributed by atoms with Crippen LogP contribution in [0.25, 0.3) is 11.0 Å². The molecule has 8 heterocycles. The summed E-state index contributed by atoms with van der Waals surface area (Å²) in [5.74, 6) is -1.38. The minimum Gasteiger partial charge on any atom is -0.455 e. The first-order valence-corrected chi connectivity index (χ1v) is 29.5. The Morgan fingerprint density at radius 3 is 1.72 bits per heavy atom. The SMILES string of the molecule is CC(C)(C)[Si](C)(C)OC[C@H]1OC(=O)[C@@H]2OC(c3ccccc3)O[C@H]12.CC(C)(C)[Si](C)(C)OC[C@H]1OC(O)(c2ccc3c(N)ncnn23)[C@@H]2OC(c3ccccc3)O[C@@H]21.Nc1ncnn2c(Br)ccc12. The molecule has 2 aromatic carbocycles. The third kappa shape index (κ3) is 10.3. The van der Waals surface area contributed by atoms with E-state index in [0.29, 0.717) is 29.5 Å². The van der Waals surface area contributed by atoms with Crippen molar-refractivity contribution in [3.8, 4) is 0 Å². The lowest BCUT2D eigenvalue weighted by Gasteiger charge is -2.37. The fourth-order valence-corrected chi connectivity index (χ4v) is 10.2. The Labute approximate surface area is 412 Å². The molecule has 4 saturated heterocycles. The summed E-state index contributed by atoms with van der Waals surface area (Å²) < 4.78 is 52.8. The molecule has 18 nitrogen and oxygen atoms in total. The Kier molecular flexibility index (Phi) is 14.3. The highest BCUT2D eigenvalue weighted by Crippen LogP contribution is 2.50. The van der Waals surface area contributed by atoms with E-state index in [4.69, 9.17) is 48.7 Å². The number of anilines is 2. The highest BCUT2D eigenvalue weighted by atomic mass is 79.9. The molecule has 9 atom stereocenters. The number of carbonyl (C=O) groups excluding carboxylic acids is 1. The number of nitrogens with two attached hydrogens (primary N) is 2. The minimum atomic E-state index is -2.06. The summed E-state index contributed by atoms with van der Waals surface area (Å²) >= 11 is 3.32. The van der Waals surface area contributed by atoms with Crippen LogP contribution in [-0.2, 0) is 47.9 Å². The minimum absolute atomic E-state index is 0.0348. The number of nitrogens with zero attached hydrogens (tertiary/aromatic N) is 6.